The lowest BCUT2D eigenvalue weighted by Crippen LogP contribution is -2.36. The van der Waals surface area contributed by atoms with Crippen LogP contribution in [-0.2, 0) is 0 Å². The van der Waals surface area contributed by atoms with Crippen LogP contribution in [0.4, 0.5) is 10.5 Å². The van der Waals surface area contributed by atoms with Crippen LogP contribution in [0.2, 0.25) is 0 Å². The second kappa shape index (κ2) is 6.75. The number of carbonyl (C=O) groups excluding carboxylic acids is 1. The zero-order valence-electron chi connectivity index (χ0n) is 12.6. The zero-order valence-corrected chi connectivity index (χ0v) is 12.6. The first-order valence-corrected chi connectivity index (χ1v) is 7.47. The van der Waals surface area contributed by atoms with Crippen molar-refractivity contribution in [3.05, 3.63) is 29.8 Å². The predicted octanol–water partition coefficient (Wildman–Crippen LogP) is 3.23. The molecule has 1 aromatic rings. The van der Waals surface area contributed by atoms with Crippen LogP contribution < -0.4 is 10.6 Å². The number of carbonyl (C=O) groups is 1. The van der Waals surface area contributed by atoms with Crippen LogP contribution in [0.1, 0.15) is 38.3 Å². The molecule has 4 nitrogen and oxygen atoms in total. The maximum absolute atomic E-state index is 12.2. The minimum atomic E-state index is 0.00816. The number of rotatable bonds is 6. The molecule has 0 heterocycles. The minimum Gasteiger partial charge on any atom is -0.325 e. The molecule has 2 N–H and O–H groups in total. The Bertz CT molecular complexity index is 440. The van der Waals surface area contributed by atoms with E-state index in [4.69, 9.17) is 0 Å². The molecule has 0 saturated heterocycles. The average Bonchev–Trinajstić information content (AvgIpc) is 3.28. The summed E-state index contributed by atoms with van der Waals surface area (Å²) in [7, 11) is 1.94. The Balaban J connectivity index is 1.92. The molecule has 0 radical (unpaired) electrons. The van der Waals surface area contributed by atoms with E-state index in [2.05, 4.69) is 17.6 Å². The Morgan fingerprint density at radius 2 is 2.00 bits per heavy atom. The molecule has 110 valence electrons. The van der Waals surface area contributed by atoms with Crippen molar-refractivity contribution in [2.24, 2.45) is 5.92 Å². The fourth-order valence-electron chi connectivity index (χ4n) is 2.19. The van der Waals surface area contributed by atoms with Gasteiger partial charge in [-0.1, -0.05) is 12.1 Å². The molecule has 2 amide bonds. The largest absolute Gasteiger partial charge is 0.325 e. The third-order valence-corrected chi connectivity index (χ3v) is 3.94. The van der Waals surface area contributed by atoms with Crippen molar-refractivity contribution in [3.8, 4) is 0 Å². The number of urea groups is 1. The van der Waals surface area contributed by atoms with Gasteiger partial charge in [0.25, 0.3) is 0 Å². The molecule has 0 bridgehead atoms. The first-order valence-electron chi connectivity index (χ1n) is 7.47. The van der Waals surface area contributed by atoms with Gasteiger partial charge in [0.15, 0.2) is 0 Å². The Labute approximate surface area is 121 Å². The van der Waals surface area contributed by atoms with Crippen LogP contribution in [-0.4, -0.2) is 31.1 Å². The van der Waals surface area contributed by atoms with Gasteiger partial charge in [-0.3, -0.25) is 0 Å². The van der Waals surface area contributed by atoms with Gasteiger partial charge >= 0.3 is 6.03 Å². The van der Waals surface area contributed by atoms with Crippen molar-refractivity contribution >= 4 is 11.7 Å². The van der Waals surface area contributed by atoms with Crippen LogP contribution in [0.3, 0.4) is 0 Å². The Morgan fingerprint density at radius 1 is 1.35 bits per heavy atom. The number of amides is 2. The van der Waals surface area contributed by atoms with E-state index >= 15 is 0 Å². The monoisotopic (exact) mass is 275 g/mol. The van der Waals surface area contributed by atoms with Crippen LogP contribution in [0, 0.1) is 5.92 Å². The molecule has 0 aliphatic heterocycles. The van der Waals surface area contributed by atoms with E-state index in [1.807, 2.05) is 43.1 Å². The summed E-state index contributed by atoms with van der Waals surface area (Å²) in [5, 5.41) is 6.18. The Kier molecular flexibility index (Phi) is 5.01. The van der Waals surface area contributed by atoms with Crippen LogP contribution >= 0.6 is 0 Å². The molecular formula is C16H25N3O. The summed E-state index contributed by atoms with van der Waals surface area (Å²) in [6, 6.07) is 8.36. The third-order valence-electron chi connectivity index (χ3n) is 3.94. The van der Waals surface area contributed by atoms with Gasteiger partial charge in [-0.25, -0.2) is 4.79 Å². The first-order chi connectivity index (χ1) is 9.63. The molecule has 4 heteroatoms. The van der Waals surface area contributed by atoms with Crippen molar-refractivity contribution in [3.63, 3.8) is 0 Å². The summed E-state index contributed by atoms with van der Waals surface area (Å²) < 4.78 is 0. The fourth-order valence-corrected chi connectivity index (χ4v) is 2.19. The van der Waals surface area contributed by atoms with E-state index in [1.165, 1.54) is 18.4 Å². The van der Waals surface area contributed by atoms with Crippen LogP contribution in [0.15, 0.2) is 24.3 Å². The lowest BCUT2D eigenvalue weighted by molar-refractivity contribution is 0.212. The Hall–Kier alpha value is -1.55. The Morgan fingerprint density at radius 3 is 2.50 bits per heavy atom. The molecule has 0 aromatic heterocycles. The lowest BCUT2D eigenvalue weighted by Gasteiger charge is -2.21. The molecule has 0 spiro atoms. The minimum absolute atomic E-state index is 0.00816. The molecule has 1 unspecified atom stereocenters. The van der Waals surface area contributed by atoms with Crippen LogP contribution in [0.5, 0.6) is 0 Å². The highest BCUT2D eigenvalue weighted by atomic mass is 16.2. The summed E-state index contributed by atoms with van der Waals surface area (Å²) in [5.74, 6) is 0.722. The molecule has 2 rings (SSSR count). The standard InChI is InChI=1S/C16H25N3O/c1-4-19(11-13-5-6-13)16(20)18-15-9-7-14(8-10-15)12(2)17-3/h7-10,12-13,17H,4-6,11H2,1-3H3,(H,18,20). The number of anilines is 1. The predicted molar refractivity (Wildman–Crippen MR) is 82.9 cm³/mol. The average molecular weight is 275 g/mol. The van der Waals surface area contributed by atoms with Crippen molar-refractivity contribution in [2.75, 3.05) is 25.5 Å². The smallest absolute Gasteiger partial charge is 0.321 e. The fraction of sp³-hybridized carbons (Fsp3) is 0.562. The molecule has 1 fully saturated rings. The maximum atomic E-state index is 12.2. The first kappa shape index (κ1) is 14.9. The summed E-state index contributed by atoms with van der Waals surface area (Å²) in [6.07, 6.45) is 2.53. The van der Waals surface area contributed by atoms with Crippen LogP contribution in [0.25, 0.3) is 0 Å². The van der Waals surface area contributed by atoms with Crippen molar-refractivity contribution < 1.29 is 4.79 Å². The van der Waals surface area contributed by atoms with E-state index in [9.17, 15) is 4.79 Å². The van der Waals surface area contributed by atoms with Gasteiger partial charge in [0.2, 0.25) is 0 Å². The highest BCUT2D eigenvalue weighted by molar-refractivity contribution is 5.89. The summed E-state index contributed by atoms with van der Waals surface area (Å²) >= 11 is 0. The number of benzene rings is 1. The molecule has 1 atom stereocenters. The van der Waals surface area contributed by atoms with E-state index in [0.717, 1.165) is 24.7 Å². The second-order valence-electron chi connectivity index (χ2n) is 5.54. The van der Waals surface area contributed by atoms with Gasteiger partial charge in [-0.15, -0.1) is 0 Å². The van der Waals surface area contributed by atoms with Crippen molar-refractivity contribution in [1.82, 2.24) is 10.2 Å². The quantitative estimate of drug-likeness (QED) is 0.837. The maximum Gasteiger partial charge on any atom is 0.321 e. The summed E-state index contributed by atoms with van der Waals surface area (Å²) in [4.78, 5) is 14.1. The second-order valence-corrected chi connectivity index (χ2v) is 5.54. The highest BCUT2D eigenvalue weighted by Crippen LogP contribution is 2.29. The van der Waals surface area contributed by atoms with Gasteiger partial charge in [0, 0.05) is 24.8 Å². The molecule has 1 aromatic carbocycles. The van der Waals surface area contributed by atoms with Gasteiger partial charge < -0.3 is 15.5 Å². The highest BCUT2D eigenvalue weighted by Gasteiger charge is 2.25. The number of nitrogens with zero attached hydrogens (tertiary/aromatic N) is 1. The van der Waals surface area contributed by atoms with Crippen molar-refractivity contribution in [2.45, 2.75) is 32.7 Å². The molecule has 20 heavy (non-hydrogen) atoms. The topological polar surface area (TPSA) is 44.4 Å². The zero-order chi connectivity index (χ0) is 14.5. The normalized spacial score (nSPS) is 15.8. The lowest BCUT2D eigenvalue weighted by atomic mass is 10.1. The summed E-state index contributed by atoms with van der Waals surface area (Å²) in [5.41, 5.74) is 2.08. The van der Waals surface area contributed by atoms with E-state index < -0.39 is 0 Å². The van der Waals surface area contributed by atoms with E-state index in [-0.39, 0.29) is 6.03 Å². The summed E-state index contributed by atoms with van der Waals surface area (Å²) in [6.45, 7) is 5.79. The molecular weight excluding hydrogens is 250 g/mol. The van der Waals surface area contributed by atoms with Gasteiger partial charge in [0.05, 0.1) is 0 Å². The van der Waals surface area contributed by atoms with Crippen molar-refractivity contribution in [1.29, 1.82) is 0 Å². The number of nitrogens with one attached hydrogen (secondary N) is 2. The number of hydrogen-bond acceptors (Lipinski definition) is 2. The van der Waals surface area contributed by atoms with Gasteiger partial charge in [-0.2, -0.15) is 0 Å². The number of hydrogen-bond donors (Lipinski definition) is 2. The SMILES string of the molecule is CCN(CC1CC1)C(=O)Nc1ccc(C(C)NC)cc1. The molecule has 1 aliphatic rings. The van der Waals surface area contributed by atoms with E-state index in [1.54, 1.807) is 0 Å². The van der Waals surface area contributed by atoms with Gasteiger partial charge in [0.1, 0.15) is 0 Å². The van der Waals surface area contributed by atoms with E-state index in [0.29, 0.717) is 6.04 Å². The third kappa shape index (κ3) is 3.97. The molecule has 1 saturated carbocycles. The van der Waals surface area contributed by atoms with Gasteiger partial charge in [-0.05, 0) is 57.4 Å². The molecule has 1 aliphatic carbocycles.